The number of nitrogens with two attached hydrogens (primary N) is 1. The van der Waals surface area contributed by atoms with E-state index >= 15 is 0 Å². The quantitative estimate of drug-likeness (QED) is 0.818. The number of ether oxygens (including phenoxy) is 1. The summed E-state index contributed by atoms with van der Waals surface area (Å²) in [5, 5.41) is 0. The summed E-state index contributed by atoms with van der Waals surface area (Å²) in [4.78, 5) is 2.29. The third-order valence-electron chi connectivity index (χ3n) is 3.78. The molecule has 2 N–H and O–H groups in total. The molecule has 1 fully saturated rings. The number of nitrogens with zero attached hydrogens (tertiary/aromatic N) is 1. The van der Waals surface area contributed by atoms with Crippen molar-refractivity contribution in [3.8, 4) is 0 Å². The van der Waals surface area contributed by atoms with Crippen molar-refractivity contribution in [1.29, 1.82) is 0 Å². The predicted octanol–water partition coefficient (Wildman–Crippen LogP) is 1.61. The fourth-order valence-corrected chi connectivity index (χ4v) is 2.58. The molecule has 1 heterocycles. The van der Waals surface area contributed by atoms with E-state index in [1.165, 1.54) is 0 Å². The van der Waals surface area contributed by atoms with E-state index in [1.807, 2.05) is 19.1 Å². The van der Waals surface area contributed by atoms with Crippen LogP contribution >= 0.6 is 0 Å². The first-order chi connectivity index (χ1) is 8.20. The smallest absolute Gasteiger partial charge is 0.117 e. The first kappa shape index (κ1) is 12.6. The van der Waals surface area contributed by atoms with Gasteiger partial charge in [0.05, 0.1) is 18.9 Å². The standard InChI is InChI=1S/C13H22N2O2/c1-3-16-12-7-13(8-12,10-14)15(2)9-11-5-4-6-17-11/h4-6,12H,3,7-10,14H2,1-2H3. The van der Waals surface area contributed by atoms with E-state index in [9.17, 15) is 0 Å². The Bertz CT molecular complexity index is 331. The van der Waals surface area contributed by atoms with Crippen molar-refractivity contribution in [3.05, 3.63) is 24.2 Å². The van der Waals surface area contributed by atoms with Gasteiger partial charge in [0.15, 0.2) is 0 Å². The molecule has 0 amide bonds. The van der Waals surface area contributed by atoms with Crippen molar-refractivity contribution < 1.29 is 9.15 Å². The highest BCUT2D eigenvalue weighted by atomic mass is 16.5. The highest BCUT2D eigenvalue weighted by Crippen LogP contribution is 2.39. The second kappa shape index (κ2) is 5.21. The zero-order chi connectivity index (χ0) is 12.3. The SMILES string of the molecule is CCOC1CC(CN)(N(C)Cc2ccco2)C1. The van der Waals surface area contributed by atoms with E-state index in [0.29, 0.717) is 12.6 Å². The Balaban J connectivity index is 1.91. The molecule has 0 aromatic carbocycles. The van der Waals surface area contributed by atoms with Crippen LogP contribution in [0.1, 0.15) is 25.5 Å². The van der Waals surface area contributed by atoms with E-state index in [0.717, 1.165) is 31.8 Å². The van der Waals surface area contributed by atoms with Gasteiger partial charge < -0.3 is 14.9 Å². The molecule has 1 aliphatic rings. The molecule has 1 saturated carbocycles. The molecular formula is C13H22N2O2. The van der Waals surface area contributed by atoms with Crippen LogP contribution in [0.2, 0.25) is 0 Å². The van der Waals surface area contributed by atoms with Gasteiger partial charge in [-0.25, -0.2) is 0 Å². The van der Waals surface area contributed by atoms with Gasteiger partial charge in [0.1, 0.15) is 5.76 Å². The van der Waals surface area contributed by atoms with Crippen LogP contribution in [0.3, 0.4) is 0 Å². The summed E-state index contributed by atoms with van der Waals surface area (Å²) in [6.45, 7) is 4.30. The zero-order valence-electron chi connectivity index (χ0n) is 10.7. The molecule has 0 spiro atoms. The summed E-state index contributed by atoms with van der Waals surface area (Å²) in [7, 11) is 2.11. The van der Waals surface area contributed by atoms with Crippen LogP contribution in [0, 0.1) is 0 Å². The maximum absolute atomic E-state index is 5.93. The van der Waals surface area contributed by atoms with Crippen LogP contribution in [0.25, 0.3) is 0 Å². The molecule has 0 radical (unpaired) electrons. The topological polar surface area (TPSA) is 51.6 Å². The van der Waals surface area contributed by atoms with E-state index < -0.39 is 0 Å². The van der Waals surface area contributed by atoms with Gasteiger partial charge in [0.2, 0.25) is 0 Å². The highest BCUT2D eigenvalue weighted by molar-refractivity contribution is 5.06. The van der Waals surface area contributed by atoms with Gasteiger partial charge >= 0.3 is 0 Å². The second-order valence-corrected chi connectivity index (χ2v) is 4.85. The van der Waals surface area contributed by atoms with Gasteiger partial charge in [-0.05, 0) is 38.9 Å². The lowest BCUT2D eigenvalue weighted by Gasteiger charge is -2.52. The molecule has 0 aliphatic heterocycles. The Morgan fingerprint density at radius 1 is 1.59 bits per heavy atom. The lowest BCUT2D eigenvalue weighted by molar-refractivity contribution is -0.0960. The number of hydrogen-bond acceptors (Lipinski definition) is 4. The van der Waals surface area contributed by atoms with Crippen LogP contribution < -0.4 is 5.73 Å². The summed E-state index contributed by atoms with van der Waals surface area (Å²) < 4.78 is 11.0. The fourth-order valence-electron chi connectivity index (χ4n) is 2.58. The molecule has 1 aromatic heterocycles. The zero-order valence-corrected chi connectivity index (χ0v) is 10.7. The first-order valence-electron chi connectivity index (χ1n) is 6.25. The molecule has 2 rings (SSSR count). The van der Waals surface area contributed by atoms with Crippen molar-refractivity contribution in [3.63, 3.8) is 0 Å². The molecule has 1 aliphatic carbocycles. The third kappa shape index (κ3) is 2.54. The Morgan fingerprint density at radius 2 is 2.35 bits per heavy atom. The molecule has 0 atom stereocenters. The average Bonchev–Trinajstić information content (AvgIpc) is 2.75. The van der Waals surface area contributed by atoms with E-state index in [-0.39, 0.29) is 5.54 Å². The maximum atomic E-state index is 5.93. The van der Waals surface area contributed by atoms with Crippen LogP contribution in [0.4, 0.5) is 0 Å². The molecule has 17 heavy (non-hydrogen) atoms. The number of likely N-dealkylation sites (N-methyl/N-ethyl adjacent to an activating group) is 1. The normalized spacial score (nSPS) is 28.4. The van der Waals surface area contributed by atoms with Crippen LogP contribution in [0.5, 0.6) is 0 Å². The minimum absolute atomic E-state index is 0.0899. The lowest BCUT2D eigenvalue weighted by Crippen LogP contribution is -2.62. The molecule has 0 saturated heterocycles. The Hall–Kier alpha value is -0.840. The Morgan fingerprint density at radius 3 is 2.88 bits per heavy atom. The van der Waals surface area contributed by atoms with Crippen molar-refractivity contribution in [2.45, 2.75) is 38.0 Å². The monoisotopic (exact) mass is 238 g/mol. The number of hydrogen-bond donors (Lipinski definition) is 1. The van der Waals surface area contributed by atoms with E-state index in [2.05, 4.69) is 11.9 Å². The molecular weight excluding hydrogens is 216 g/mol. The molecule has 1 aromatic rings. The molecule has 96 valence electrons. The summed E-state index contributed by atoms with van der Waals surface area (Å²) in [5.74, 6) is 0.986. The second-order valence-electron chi connectivity index (χ2n) is 4.85. The maximum Gasteiger partial charge on any atom is 0.117 e. The minimum Gasteiger partial charge on any atom is -0.468 e. The van der Waals surface area contributed by atoms with Gasteiger partial charge in [-0.3, -0.25) is 4.90 Å². The largest absolute Gasteiger partial charge is 0.468 e. The highest BCUT2D eigenvalue weighted by Gasteiger charge is 2.46. The summed E-state index contributed by atoms with van der Waals surface area (Å²) >= 11 is 0. The van der Waals surface area contributed by atoms with E-state index in [1.54, 1.807) is 6.26 Å². The van der Waals surface area contributed by atoms with E-state index in [4.69, 9.17) is 14.9 Å². The Kier molecular flexibility index (Phi) is 3.86. The van der Waals surface area contributed by atoms with Crippen LogP contribution in [0.15, 0.2) is 22.8 Å². The van der Waals surface area contributed by atoms with Gasteiger partial charge in [-0.1, -0.05) is 0 Å². The van der Waals surface area contributed by atoms with Crippen molar-refractivity contribution in [2.75, 3.05) is 20.2 Å². The summed E-state index contributed by atoms with van der Waals surface area (Å²) in [5.41, 5.74) is 6.02. The number of rotatable bonds is 6. The predicted molar refractivity (Wildman–Crippen MR) is 66.6 cm³/mol. The minimum atomic E-state index is 0.0899. The number of furan rings is 1. The summed E-state index contributed by atoms with van der Waals surface area (Å²) in [6, 6.07) is 3.92. The van der Waals surface area contributed by atoms with Gasteiger partial charge in [0.25, 0.3) is 0 Å². The van der Waals surface area contributed by atoms with Gasteiger partial charge in [-0.2, -0.15) is 0 Å². The lowest BCUT2D eigenvalue weighted by atomic mass is 9.73. The van der Waals surface area contributed by atoms with Crippen LogP contribution in [-0.2, 0) is 11.3 Å². The average molecular weight is 238 g/mol. The van der Waals surface area contributed by atoms with Crippen molar-refractivity contribution in [1.82, 2.24) is 4.90 Å². The van der Waals surface area contributed by atoms with Crippen molar-refractivity contribution in [2.24, 2.45) is 5.73 Å². The van der Waals surface area contributed by atoms with Gasteiger partial charge in [0, 0.05) is 18.7 Å². The molecule has 0 bridgehead atoms. The van der Waals surface area contributed by atoms with Crippen molar-refractivity contribution >= 4 is 0 Å². The molecule has 4 heteroatoms. The summed E-state index contributed by atoms with van der Waals surface area (Å²) in [6.07, 6.45) is 4.13. The molecule has 0 unspecified atom stereocenters. The third-order valence-corrected chi connectivity index (χ3v) is 3.78. The fraction of sp³-hybridized carbons (Fsp3) is 0.692. The van der Waals surface area contributed by atoms with Crippen LogP contribution in [-0.4, -0.2) is 36.7 Å². The van der Waals surface area contributed by atoms with Gasteiger partial charge in [-0.15, -0.1) is 0 Å². The molecule has 4 nitrogen and oxygen atoms in total. The first-order valence-corrected chi connectivity index (χ1v) is 6.25. The Labute approximate surface area is 103 Å².